The van der Waals surface area contributed by atoms with Crippen LogP contribution in [0.1, 0.15) is 45.6 Å². The Bertz CT molecular complexity index is 545. The predicted octanol–water partition coefficient (Wildman–Crippen LogP) is 3.85. The molecule has 0 amide bonds. The number of ether oxygens (including phenoxy) is 1. The maximum atomic E-state index is 13.5. The van der Waals surface area contributed by atoms with Crippen LogP contribution < -0.4 is 10.6 Å². The van der Waals surface area contributed by atoms with Gasteiger partial charge in [0.1, 0.15) is 5.82 Å². The fourth-order valence-electron chi connectivity index (χ4n) is 2.84. The molecule has 1 aliphatic heterocycles. The summed E-state index contributed by atoms with van der Waals surface area (Å²) in [5.74, 6) is 0.603. The highest BCUT2D eigenvalue weighted by atomic mass is 127. The molecule has 142 valence electrons. The van der Waals surface area contributed by atoms with Gasteiger partial charge in [0.2, 0.25) is 0 Å². The van der Waals surface area contributed by atoms with Crippen LogP contribution in [0.4, 0.5) is 4.39 Å². The smallest absolute Gasteiger partial charge is 0.191 e. The number of nitrogens with one attached hydrogen (secondary N) is 2. The van der Waals surface area contributed by atoms with E-state index in [2.05, 4.69) is 36.4 Å². The molecular formula is C19H31FIN3O. The second-order valence-corrected chi connectivity index (χ2v) is 6.94. The third kappa shape index (κ3) is 7.48. The maximum Gasteiger partial charge on any atom is 0.191 e. The Morgan fingerprint density at radius 1 is 1.36 bits per heavy atom. The van der Waals surface area contributed by atoms with Crippen molar-refractivity contribution in [3.05, 3.63) is 35.6 Å². The second-order valence-electron chi connectivity index (χ2n) is 6.94. The molecule has 2 N–H and O–H groups in total. The Hall–Kier alpha value is -0.890. The van der Waals surface area contributed by atoms with Crippen molar-refractivity contribution < 1.29 is 9.13 Å². The van der Waals surface area contributed by atoms with Gasteiger partial charge in [-0.05, 0) is 43.9 Å². The maximum absolute atomic E-state index is 13.5. The van der Waals surface area contributed by atoms with Crippen molar-refractivity contribution in [2.75, 3.05) is 26.2 Å². The number of hydrogen-bond acceptors (Lipinski definition) is 2. The number of aliphatic imine (C=N–C) groups is 1. The van der Waals surface area contributed by atoms with Crippen LogP contribution in [-0.2, 0) is 10.2 Å². The van der Waals surface area contributed by atoms with Crippen molar-refractivity contribution in [3.63, 3.8) is 0 Å². The average Bonchev–Trinajstić information content (AvgIpc) is 3.06. The monoisotopic (exact) mass is 463 g/mol. The summed E-state index contributed by atoms with van der Waals surface area (Å²) in [6.07, 6.45) is 3.70. The van der Waals surface area contributed by atoms with Crippen LogP contribution in [-0.4, -0.2) is 38.3 Å². The molecule has 1 aromatic rings. The van der Waals surface area contributed by atoms with Gasteiger partial charge in [-0.1, -0.05) is 26.0 Å². The zero-order valence-corrected chi connectivity index (χ0v) is 17.8. The molecule has 6 heteroatoms. The first kappa shape index (κ1) is 22.2. The quantitative estimate of drug-likeness (QED) is 0.367. The van der Waals surface area contributed by atoms with E-state index in [1.165, 1.54) is 12.5 Å². The molecule has 1 fully saturated rings. The Balaban J connectivity index is 0.00000312. The molecule has 1 atom stereocenters. The van der Waals surface area contributed by atoms with Crippen LogP contribution in [0.2, 0.25) is 0 Å². The van der Waals surface area contributed by atoms with Crippen molar-refractivity contribution in [1.82, 2.24) is 10.6 Å². The van der Waals surface area contributed by atoms with Gasteiger partial charge in [0.15, 0.2) is 5.96 Å². The van der Waals surface area contributed by atoms with Crippen molar-refractivity contribution in [3.8, 4) is 0 Å². The van der Waals surface area contributed by atoms with Crippen LogP contribution in [0.25, 0.3) is 0 Å². The summed E-state index contributed by atoms with van der Waals surface area (Å²) >= 11 is 0. The molecule has 0 aliphatic carbocycles. The summed E-state index contributed by atoms with van der Waals surface area (Å²) in [6, 6.07) is 6.77. The number of nitrogens with zero attached hydrogens (tertiary/aromatic N) is 1. The van der Waals surface area contributed by atoms with Gasteiger partial charge in [-0.3, -0.25) is 4.99 Å². The Kier molecular flexibility index (Phi) is 9.71. The average molecular weight is 463 g/mol. The lowest BCUT2D eigenvalue weighted by molar-refractivity contribution is 0.105. The summed E-state index contributed by atoms with van der Waals surface area (Å²) < 4.78 is 19.1. The Labute approximate surface area is 168 Å². The molecule has 0 spiro atoms. The lowest BCUT2D eigenvalue weighted by Gasteiger charge is -2.24. The van der Waals surface area contributed by atoms with E-state index >= 15 is 0 Å². The number of rotatable bonds is 7. The number of halogens is 2. The van der Waals surface area contributed by atoms with Crippen LogP contribution >= 0.6 is 24.0 Å². The second kappa shape index (κ2) is 11.0. The first-order chi connectivity index (χ1) is 11.5. The molecule has 1 aromatic carbocycles. The summed E-state index contributed by atoms with van der Waals surface area (Å²) in [6.45, 7) is 9.35. The van der Waals surface area contributed by atoms with E-state index in [1.807, 2.05) is 6.07 Å². The highest BCUT2D eigenvalue weighted by molar-refractivity contribution is 14.0. The molecular weight excluding hydrogens is 432 g/mol. The minimum absolute atomic E-state index is 0. The summed E-state index contributed by atoms with van der Waals surface area (Å²) in [7, 11) is 0. The first-order valence-corrected chi connectivity index (χ1v) is 8.91. The summed E-state index contributed by atoms with van der Waals surface area (Å²) in [4.78, 5) is 4.69. The van der Waals surface area contributed by atoms with Crippen LogP contribution in [0.5, 0.6) is 0 Å². The first-order valence-electron chi connectivity index (χ1n) is 8.91. The molecule has 0 saturated carbocycles. The van der Waals surface area contributed by atoms with Crippen molar-refractivity contribution in [1.29, 1.82) is 0 Å². The van der Waals surface area contributed by atoms with E-state index in [9.17, 15) is 4.39 Å². The lowest BCUT2D eigenvalue weighted by atomic mass is 9.85. The SMILES string of the molecule is CCNC(=NCC(C)(C)c1cccc(F)c1)NCCC1CCCO1.I. The van der Waals surface area contributed by atoms with Crippen molar-refractivity contribution >= 4 is 29.9 Å². The zero-order chi connectivity index (χ0) is 17.4. The molecule has 1 unspecified atom stereocenters. The van der Waals surface area contributed by atoms with Gasteiger partial charge in [-0.15, -0.1) is 24.0 Å². The Morgan fingerprint density at radius 2 is 2.16 bits per heavy atom. The van der Waals surface area contributed by atoms with Gasteiger partial charge in [0.05, 0.1) is 12.6 Å². The molecule has 0 aromatic heterocycles. The normalized spacial score (nSPS) is 17.9. The molecule has 1 heterocycles. The molecule has 25 heavy (non-hydrogen) atoms. The van der Waals surface area contributed by atoms with E-state index in [4.69, 9.17) is 4.74 Å². The van der Waals surface area contributed by atoms with E-state index in [0.717, 1.165) is 44.1 Å². The highest BCUT2D eigenvalue weighted by Crippen LogP contribution is 2.24. The van der Waals surface area contributed by atoms with Crippen molar-refractivity contribution in [2.24, 2.45) is 4.99 Å². The van der Waals surface area contributed by atoms with E-state index < -0.39 is 0 Å². The largest absolute Gasteiger partial charge is 0.378 e. The minimum atomic E-state index is -0.223. The van der Waals surface area contributed by atoms with E-state index in [0.29, 0.717) is 12.6 Å². The van der Waals surface area contributed by atoms with Gasteiger partial charge >= 0.3 is 0 Å². The standard InChI is InChI=1S/C19H30FN3O.HI/c1-4-21-18(22-11-10-17-9-6-12-24-17)23-14-19(2,3)15-7-5-8-16(20)13-15;/h5,7-8,13,17H,4,6,9-12,14H2,1-3H3,(H2,21,22,23);1H. The number of guanidine groups is 1. The van der Waals surface area contributed by atoms with Gasteiger partial charge in [-0.2, -0.15) is 0 Å². The van der Waals surface area contributed by atoms with E-state index in [1.54, 1.807) is 12.1 Å². The van der Waals surface area contributed by atoms with Crippen molar-refractivity contribution in [2.45, 2.75) is 51.6 Å². The lowest BCUT2D eigenvalue weighted by Crippen LogP contribution is -2.39. The fourth-order valence-corrected chi connectivity index (χ4v) is 2.84. The third-order valence-corrected chi connectivity index (χ3v) is 4.37. The molecule has 0 bridgehead atoms. The molecule has 2 rings (SSSR count). The van der Waals surface area contributed by atoms with Gasteiger partial charge < -0.3 is 15.4 Å². The summed E-state index contributed by atoms with van der Waals surface area (Å²) in [5.41, 5.74) is 0.736. The van der Waals surface area contributed by atoms with Gasteiger partial charge in [-0.25, -0.2) is 4.39 Å². The number of hydrogen-bond donors (Lipinski definition) is 2. The Morgan fingerprint density at radius 3 is 2.80 bits per heavy atom. The van der Waals surface area contributed by atoms with E-state index in [-0.39, 0.29) is 35.2 Å². The molecule has 1 saturated heterocycles. The fraction of sp³-hybridized carbons (Fsp3) is 0.632. The highest BCUT2D eigenvalue weighted by Gasteiger charge is 2.21. The van der Waals surface area contributed by atoms with Crippen LogP contribution in [0, 0.1) is 5.82 Å². The molecule has 4 nitrogen and oxygen atoms in total. The predicted molar refractivity (Wildman–Crippen MR) is 112 cm³/mol. The van der Waals surface area contributed by atoms with Crippen LogP contribution in [0.15, 0.2) is 29.3 Å². The number of benzene rings is 1. The molecule has 1 aliphatic rings. The third-order valence-electron chi connectivity index (χ3n) is 4.37. The van der Waals surface area contributed by atoms with Gasteiger partial charge in [0.25, 0.3) is 0 Å². The minimum Gasteiger partial charge on any atom is -0.378 e. The zero-order valence-electron chi connectivity index (χ0n) is 15.5. The van der Waals surface area contributed by atoms with Crippen LogP contribution in [0.3, 0.4) is 0 Å². The van der Waals surface area contributed by atoms with Gasteiger partial charge in [0, 0.05) is 25.1 Å². The summed E-state index contributed by atoms with van der Waals surface area (Å²) in [5, 5.41) is 6.64. The topological polar surface area (TPSA) is 45.7 Å². The molecule has 0 radical (unpaired) electrons.